The molecule has 1 saturated carbocycles. The highest BCUT2D eigenvalue weighted by molar-refractivity contribution is 6.31. The Hall–Kier alpha value is -0.780. The van der Waals surface area contributed by atoms with E-state index >= 15 is 0 Å². The number of aliphatic hydroxyl groups is 1. The topological polar surface area (TPSA) is 46.2 Å². The van der Waals surface area contributed by atoms with E-state index in [2.05, 4.69) is 0 Å². The van der Waals surface area contributed by atoms with Gasteiger partial charge >= 0.3 is 6.18 Å². The first-order valence-corrected chi connectivity index (χ1v) is 5.92. The van der Waals surface area contributed by atoms with Crippen LogP contribution in [0.4, 0.5) is 13.2 Å². The van der Waals surface area contributed by atoms with Gasteiger partial charge in [-0.3, -0.25) is 0 Å². The van der Waals surface area contributed by atoms with Crippen LogP contribution < -0.4 is 5.73 Å². The average Bonchev–Trinajstić information content (AvgIpc) is 2.22. The van der Waals surface area contributed by atoms with Crippen molar-refractivity contribution >= 4 is 11.6 Å². The van der Waals surface area contributed by atoms with Crippen LogP contribution in [0.5, 0.6) is 0 Å². The minimum Gasteiger partial charge on any atom is -0.393 e. The van der Waals surface area contributed by atoms with Gasteiger partial charge in [0, 0.05) is 12.0 Å². The van der Waals surface area contributed by atoms with E-state index in [1.807, 2.05) is 0 Å². The lowest BCUT2D eigenvalue weighted by Crippen LogP contribution is -2.49. The number of hydrogen-bond donors (Lipinski definition) is 2. The van der Waals surface area contributed by atoms with Crippen molar-refractivity contribution in [2.75, 3.05) is 6.54 Å². The molecule has 0 atom stereocenters. The van der Waals surface area contributed by atoms with Gasteiger partial charge in [0.15, 0.2) is 0 Å². The molecule has 0 unspecified atom stereocenters. The van der Waals surface area contributed by atoms with Crippen molar-refractivity contribution < 1.29 is 18.3 Å². The van der Waals surface area contributed by atoms with Crippen LogP contribution in [0.2, 0.25) is 5.02 Å². The van der Waals surface area contributed by atoms with Gasteiger partial charge in [-0.15, -0.1) is 0 Å². The zero-order valence-corrected chi connectivity index (χ0v) is 10.2. The van der Waals surface area contributed by atoms with Crippen molar-refractivity contribution in [3.63, 3.8) is 0 Å². The Kier molecular flexibility index (Phi) is 3.34. The Balaban J connectivity index is 2.35. The predicted octanol–water partition coefficient (Wildman–Crippen LogP) is 2.71. The quantitative estimate of drug-likeness (QED) is 0.874. The molecule has 1 fully saturated rings. The molecule has 6 heteroatoms. The summed E-state index contributed by atoms with van der Waals surface area (Å²) in [6, 6.07) is 3.68. The lowest BCUT2D eigenvalue weighted by atomic mass is 9.63. The average molecular weight is 280 g/mol. The molecule has 0 spiro atoms. The SMILES string of the molecule is NCC1(c2ccc(C(F)(F)F)c(Cl)c2)CC(O)C1. The third kappa shape index (κ3) is 2.22. The van der Waals surface area contributed by atoms with Crippen molar-refractivity contribution in [1.29, 1.82) is 0 Å². The Morgan fingerprint density at radius 3 is 2.39 bits per heavy atom. The van der Waals surface area contributed by atoms with E-state index < -0.39 is 23.3 Å². The number of nitrogens with two attached hydrogens (primary N) is 1. The van der Waals surface area contributed by atoms with E-state index in [-0.39, 0.29) is 11.6 Å². The lowest BCUT2D eigenvalue weighted by Gasteiger charge is -2.45. The molecular weight excluding hydrogens is 267 g/mol. The van der Waals surface area contributed by atoms with Crippen LogP contribution in [0.25, 0.3) is 0 Å². The molecule has 0 aromatic heterocycles. The maximum Gasteiger partial charge on any atom is 0.417 e. The van der Waals surface area contributed by atoms with Crippen LogP contribution >= 0.6 is 11.6 Å². The zero-order chi connectivity index (χ0) is 13.6. The normalized spacial score (nSPS) is 28.0. The minimum atomic E-state index is -4.45. The van der Waals surface area contributed by atoms with Crippen LogP contribution in [0, 0.1) is 0 Å². The van der Waals surface area contributed by atoms with Gasteiger partial charge in [0.1, 0.15) is 0 Å². The Labute approximate surface area is 108 Å². The van der Waals surface area contributed by atoms with Gasteiger partial charge in [-0.2, -0.15) is 13.2 Å². The first-order valence-electron chi connectivity index (χ1n) is 5.54. The van der Waals surface area contributed by atoms with Crippen LogP contribution in [0.3, 0.4) is 0 Å². The monoisotopic (exact) mass is 279 g/mol. The van der Waals surface area contributed by atoms with Crippen LogP contribution in [-0.2, 0) is 11.6 Å². The van der Waals surface area contributed by atoms with Gasteiger partial charge in [-0.25, -0.2) is 0 Å². The molecule has 3 N–H and O–H groups in total. The largest absolute Gasteiger partial charge is 0.417 e. The van der Waals surface area contributed by atoms with Crippen LogP contribution in [0.1, 0.15) is 24.0 Å². The summed E-state index contributed by atoms with van der Waals surface area (Å²) in [6.45, 7) is 0.283. The van der Waals surface area contributed by atoms with Gasteiger partial charge in [-0.05, 0) is 30.5 Å². The van der Waals surface area contributed by atoms with Crippen molar-refractivity contribution in [3.8, 4) is 0 Å². The Bertz CT molecular complexity index is 455. The number of halogens is 4. The van der Waals surface area contributed by atoms with E-state index in [0.717, 1.165) is 6.07 Å². The molecule has 0 amide bonds. The van der Waals surface area contributed by atoms with Gasteiger partial charge in [0.2, 0.25) is 0 Å². The summed E-state index contributed by atoms with van der Waals surface area (Å²) in [4.78, 5) is 0. The fraction of sp³-hybridized carbons (Fsp3) is 0.500. The molecule has 18 heavy (non-hydrogen) atoms. The van der Waals surface area contributed by atoms with Gasteiger partial charge < -0.3 is 10.8 Å². The summed E-state index contributed by atoms with van der Waals surface area (Å²) in [5.41, 5.74) is 5.04. The number of aliphatic hydroxyl groups excluding tert-OH is 1. The van der Waals surface area contributed by atoms with E-state index in [4.69, 9.17) is 17.3 Å². The summed E-state index contributed by atoms with van der Waals surface area (Å²) in [5, 5.41) is 9.04. The van der Waals surface area contributed by atoms with Gasteiger partial charge in [0.05, 0.1) is 16.7 Å². The standard InChI is InChI=1S/C12H13ClF3NO/c13-10-3-7(1-2-9(10)12(14,15)16)11(6-17)4-8(18)5-11/h1-3,8,18H,4-6,17H2. The second-order valence-corrected chi connectivity index (χ2v) is 5.15. The molecule has 1 aromatic carbocycles. The summed E-state index contributed by atoms with van der Waals surface area (Å²) in [5.74, 6) is 0. The lowest BCUT2D eigenvalue weighted by molar-refractivity contribution is -0.137. The first-order chi connectivity index (χ1) is 8.28. The molecule has 1 aliphatic rings. The summed E-state index contributed by atoms with van der Waals surface area (Å²) in [7, 11) is 0. The minimum absolute atomic E-state index is 0.283. The van der Waals surface area contributed by atoms with E-state index in [9.17, 15) is 18.3 Å². The smallest absolute Gasteiger partial charge is 0.393 e. The Morgan fingerprint density at radius 1 is 1.39 bits per heavy atom. The number of benzene rings is 1. The molecule has 1 aromatic rings. The van der Waals surface area contributed by atoms with Crippen molar-refractivity contribution in [3.05, 3.63) is 34.3 Å². The fourth-order valence-electron chi connectivity index (χ4n) is 2.44. The molecule has 0 aliphatic heterocycles. The second kappa shape index (κ2) is 4.40. The number of hydrogen-bond acceptors (Lipinski definition) is 2. The van der Waals surface area contributed by atoms with Crippen molar-refractivity contribution in [2.45, 2.75) is 30.5 Å². The second-order valence-electron chi connectivity index (χ2n) is 4.74. The van der Waals surface area contributed by atoms with Crippen LogP contribution in [-0.4, -0.2) is 17.8 Å². The van der Waals surface area contributed by atoms with Gasteiger partial charge in [0.25, 0.3) is 0 Å². The molecule has 0 saturated heterocycles. The molecule has 0 bridgehead atoms. The summed E-state index contributed by atoms with van der Waals surface area (Å²) in [6.07, 6.45) is -3.96. The molecule has 100 valence electrons. The highest BCUT2D eigenvalue weighted by atomic mass is 35.5. The van der Waals surface area contributed by atoms with Crippen LogP contribution in [0.15, 0.2) is 18.2 Å². The highest BCUT2D eigenvalue weighted by Gasteiger charge is 2.44. The summed E-state index contributed by atoms with van der Waals surface area (Å²) >= 11 is 5.67. The number of rotatable bonds is 2. The maximum atomic E-state index is 12.6. The van der Waals surface area contributed by atoms with Gasteiger partial charge in [-0.1, -0.05) is 17.7 Å². The zero-order valence-electron chi connectivity index (χ0n) is 9.47. The third-order valence-electron chi connectivity index (χ3n) is 3.53. The van der Waals surface area contributed by atoms with E-state index in [1.54, 1.807) is 0 Å². The molecule has 2 nitrogen and oxygen atoms in total. The molecule has 0 radical (unpaired) electrons. The van der Waals surface area contributed by atoms with E-state index in [1.165, 1.54) is 12.1 Å². The van der Waals surface area contributed by atoms with Crippen molar-refractivity contribution in [2.24, 2.45) is 5.73 Å². The third-order valence-corrected chi connectivity index (χ3v) is 3.84. The molecular formula is C12H13ClF3NO. The number of alkyl halides is 3. The molecule has 0 heterocycles. The van der Waals surface area contributed by atoms with Crippen molar-refractivity contribution in [1.82, 2.24) is 0 Å². The molecule has 1 aliphatic carbocycles. The summed E-state index contributed by atoms with van der Waals surface area (Å²) < 4.78 is 37.7. The Morgan fingerprint density at radius 2 is 2.00 bits per heavy atom. The maximum absolute atomic E-state index is 12.6. The molecule has 2 rings (SSSR count). The first kappa shape index (κ1) is 13.6. The van der Waals surface area contributed by atoms with E-state index in [0.29, 0.717) is 18.4 Å². The predicted molar refractivity (Wildman–Crippen MR) is 62.4 cm³/mol. The fourth-order valence-corrected chi connectivity index (χ4v) is 2.73. The highest BCUT2D eigenvalue weighted by Crippen LogP contribution is 2.45.